The van der Waals surface area contributed by atoms with E-state index in [-0.39, 0.29) is 6.04 Å². The van der Waals surface area contributed by atoms with Gasteiger partial charge in [-0.05, 0) is 59.3 Å². The predicted octanol–water partition coefficient (Wildman–Crippen LogP) is 4.50. The Morgan fingerprint density at radius 3 is 2.83 bits per heavy atom. The Morgan fingerprint density at radius 1 is 1.28 bits per heavy atom. The van der Waals surface area contributed by atoms with Crippen LogP contribution in [0.15, 0.2) is 34.3 Å². The fraction of sp³-hybridized carbons (Fsp3) is 0.429. The van der Waals surface area contributed by atoms with Crippen molar-refractivity contribution in [3.8, 4) is 0 Å². The highest BCUT2D eigenvalue weighted by atomic mass is 79.9. The molecule has 1 aliphatic carbocycles. The first-order chi connectivity index (χ1) is 8.72. The topological polar surface area (TPSA) is 38.0 Å². The average Bonchev–Trinajstić information content (AvgIpc) is 2.64. The number of halogens is 2. The van der Waals surface area contributed by atoms with E-state index in [1.165, 1.54) is 24.8 Å². The molecular weight excluding hydrogens is 312 g/mol. The molecule has 0 radical (unpaired) electrons. The van der Waals surface area contributed by atoms with Gasteiger partial charge in [0.05, 0.1) is 11.1 Å². The second-order valence-corrected chi connectivity index (χ2v) is 5.91. The van der Waals surface area contributed by atoms with Crippen molar-refractivity contribution in [3.63, 3.8) is 0 Å². The number of hydrogen-bond acceptors (Lipinski definition) is 2. The van der Waals surface area contributed by atoms with E-state index >= 15 is 0 Å². The van der Waals surface area contributed by atoms with Crippen molar-refractivity contribution in [3.05, 3.63) is 44.9 Å². The van der Waals surface area contributed by atoms with E-state index in [2.05, 4.69) is 27.4 Å². The SMILES string of the molecule is NNC(C1=CCCCCC1)c1ccc(Cl)c(Br)c1. The van der Waals surface area contributed by atoms with Gasteiger partial charge in [-0.2, -0.15) is 0 Å². The van der Waals surface area contributed by atoms with E-state index in [4.69, 9.17) is 17.4 Å². The van der Waals surface area contributed by atoms with Crippen LogP contribution in [0.2, 0.25) is 5.02 Å². The predicted molar refractivity (Wildman–Crippen MR) is 80.4 cm³/mol. The van der Waals surface area contributed by atoms with Crippen LogP contribution in [0.1, 0.15) is 43.7 Å². The van der Waals surface area contributed by atoms with Crippen LogP contribution in [0.5, 0.6) is 0 Å². The summed E-state index contributed by atoms with van der Waals surface area (Å²) in [7, 11) is 0. The molecule has 2 nitrogen and oxygen atoms in total. The van der Waals surface area contributed by atoms with Gasteiger partial charge in [-0.3, -0.25) is 5.84 Å². The minimum Gasteiger partial charge on any atom is -0.271 e. The number of nitrogens with two attached hydrogens (primary N) is 1. The Labute approximate surface area is 122 Å². The highest BCUT2D eigenvalue weighted by molar-refractivity contribution is 9.10. The number of rotatable bonds is 3. The summed E-state index contributed by atoms with van der Waals surface area (Å²) in [6.07, 6.45) is 8.45. The fourth-order valence-corrected chi connectivity index (χ4v) is 2.93. The molecule has 0 aromatic heterocycles. The van der Waals surface area contributed by atoms with Crippen molar-refractivity contribution in [2.75, 3.05) is 0 Å². The number of nitrogens with one attached hydrogen (secondary N) is 1. The lowest BCUT2D eigenvalue weighted by molar-refractivity contribution is 0.592. The molecule has 0 saturated carbocycles. The Balaban J connectivity index is 2.26. The van der Waals surface area contributed by atoms with Crippen LogP contribution in [0.25, 0.3) is 0 Å². The quantitative estimate of drug-likeness (QED) is 0.487. The molecule has 0 saturated heterocycles. The van der Waals surface area contributed by atoms with Crippen molar-refractivity contribution in [1.29, 1.82) is 0 Å². The van der Waals surface area contributed by atoms with Gasteiger partial charge in [-0.25, -0.2) is 5.43 Å². The largest absolute Gasteiger partial charge is 0.271 e. The van der Waals surface area contributed by atoms with Crippen LogP contribution in [-0.2, 0) is 0 Å². The molecule has 1 aliphatic rings. The number of benzene rings is 1. The van der Waals surface area contributed by atoms with Crippen LogP contribution in [0.3, 0.4) is 0 Å². The van der Waals surface area contributed by atoms with E-state index in [1.807, 2.05) is 18.2 Å². The first kappa shape index (κ1) is 14.1. The van der Waals surface area contributed by atoms with Crippen molar-refractivity contribution >= 4 is 27.5 Å². The monoisotopic (exact) mass is 328 g/mol. The van der Waals surface area contributed by atoms with Crippen LogP contribution in [0, 0.1) is 0 Å². The lowest BCUT2D eigenvalue weighted by Crippen LogP contribution is -2.29. The van der Waals surface area contributed by atoms with Gasteiger partial charge < -0.3 is 0 Å². The first-order valence-corrected chi connectivity index (χ1v) is 7.49. The van der Waals surface area contributed by atoms with Gasteiger partial charge in [-0.15, -0.1) is 0 Å². The Bertz CT molecular complexity index is 445. The van der Waals surface area contributed by atoms with Gasteiger partial charge in [0.15, 0.2) is 0 Å². The molecule has 0 heterocycles. The smallest absolute Gasteiger partial charge is 0.0670 e. The van der Waals surface area contributed by atoms with Crippen LogP contribution in [-0.4, -0.2) is 0 Å². The van der Waals surface area contributed by atoms with Gasteiger partial charge in [0.1, 0.15) is 0 Å². The molecular formula is C14H18BrClN2. The minimum absolute atomic E-state index is 0.0941. The van der Waals surface area contributed by atoms with E-state index in [0.717, 1.165) is 27.9 Å². The highest BCUT2D eigenvalue weighted by Gasteiger charge is 2.17. The molecule has 0 aliphatic heterocycles. The maximum atomic E-state index is 6.03. The summed E-state index contributed by atoms with van der Waals surface area (Å²) in [5.41, 5.74) is 5.48. The lowest BCUT2D eigenvalue weighted by atomic mass is 9.96. The molecule has 1 atom stereocenters. The average molecular weight is 330 g/mol. The molecule has 0 fully saturated rings. The zero-order valence-corrected chi connectivity index (χ0v) is 12.6. The minimum atomic E-state index is 0.0941. The molecule has 3 N–H and O–H groups in total. The molecule has 98 valence electrons. The summed E-state index contributed by atoms with van der Waals surface area (Å²) in [6.45, 7) is 0. The van der Waals surface area contributed by atoms with Gasteiger partial charge >= 0.3 is 0 Å². The van der Waals surface area contributed by atoms with Crippen LogP contribution < -0.4 is 11.3 Å². The van der Waals surface area contributed by atoms with Gasteiger partial charge in [0.2, 0.25) is 0 Å². The maximum Gasteiger partial charge on any atom is 0.0670 e. The van der Waals surface area contributed by atoms with Gasteiger partial charge in [-0.1, -0.05) is 35.7 Å². The first-order valence-electron chi connectivity index (χ1n) is 6.32. The van der Waals surface area contributed by atoms with E-state index < -0.39 is 0 Å². The van der Waals surface area contributed by atoms with E-state index in [0.29, 0.717) is 0 Å². The molecule has 1 aromatic rings. The third kappa shape index (κ3) is 3.35. The van der Waals surface area contributed by atoms with Gasteiger partial charge in [0.25, 0.3) is 0 Å². The summed E-state index contributed by atoms with van der Waals surface area (Å²) in [4.78, 5) is 0. The summed E-state index contributed by atoms with van der Waals surface area (Å²) in [6, 6.07) is 6.07. The van der Waals surface area contributed by atoms with Crippen molar-refractivity contribution in [2.45, 2.75) is 38.1 Å². The lowest BCUT2D eigenvalue weighted by Gasteiger charge is -2.20. The second kappa shape index (κ2) is 6.71. The molecule has 0 amide bonds. The zero-order valence-electron chi connectivity index (χ0n) is 10.3. The molecule has 1 aromatic carbocycles. The van der Waals surface area contributed by atoms with Crippen LogP contribution >= 0.6 is 27.5 Å². The van der Waals surface area contributed by atoms with Crippen molar-refractivity contribution < 1.29 is 0 Å². The Morgan fingerprint density at radius 2 is 2.11 bits per heavy atom. The zero-order chi connectivity index (χ0) is 13.0. The van der Waals surface area contributed by atoms with Crippen molar-refractivity contribution in [1.82, 2.24) is 5.43 Å². The molecule has 18 heavy (non-hydrogen) atoms. The summed E-state index contributed by atoms with van der Waals surface area (Å²) < 4.78 is 0.913. The summed E-state index contributed by atoms with van der Waals surface area (Å²) in [5, 5.41) is 0.726. The third-order valence-corrected chi connectivity index (χ3v) is 4.60. The highest BCUT2D eigenvalue weighted by Crippen LogP contribution is 2.32. The molecule has 0 bridgehead atoms. The van der Waals surface area contributed by atoms with Crippen LogP contribution in [0.4, 0.5) is 0 Å². The molecule has 4 heteroatoms. The van der Waals surface area contributed by atoms with E-state index in [1.54, 1.807) is 0 Å². The Hall–Kier alpha value is -0.350. The molecule has 1 unspecified atom stereocenters. The molecule has 0 spiro atoms. The standard InChI is InChI=1S/C14H18BrClN2/c15-12-9-11(7-8-13(12)16)14(18-17)10-5-3-1-2-4-6-10/h5,7-9,14,18H,1-4,6,17H2. The number of hydrazine groups is 1. The summed E-state index contributed by atoms with van der Waals surface area (Å²) >= 11 is 9.49. The molecule has 2 rings (SSSR count). The third-order valence-electron chi connectivity index (χ3n) is 3.39. The van der Waals surface area contributed by atoms with Gasteiger partial charge in [0, 0.05) is 4.47 Å². The summed E-state index contributed by atoms with van der Waals surface area (Å²) in [5.74, 6) is 5.74. The second-order valence-electron chi connectivity index (χ2n) is 4.65. The Kier molecular flexibility index (Phi) is 5.25. The number of allylic oxidation sites excluding steroid dienone is 1. The van der Waals surface area contributed by atoms with Crippen molar-refractivity contribution in [2.24, 2.45) is 5.84 Å². The normalized spacial score (nSPS) is 18.1. The number of hydrogen-bond donors (Lipinski definition) is 2. The fourth-order valence-electron chi connectivity index (χ4n) is 2.41. The maximum absolute atomic E-state index is 6.03. The van der Waals surface area contributed by atoms with E-state index in [9.17, 15) is 0 Å².